The molecule has 0 saturated heterocycles. The maximum Gasteiger partial charge on any atom is 0.230 e. The molecule has 1 N–H and O–H groups in total. The first-order valence-electron chi connectivity index (χ1n) is 6.01. The van der Waals surface area contributed by atoms with Gasteiger partial charge in [0.25, 0.3) is 0 Å². The SMILES string of the molecule is O=C(c1cc2ccccc2o1)C(O)c1ccccc1. The van der Waals surface area contributed by atoms with Gasteiger partial charge in [0.15, 0.2) is 5.76 Å². The van der Waals surface area contributed by atoms with Crippen molar-refractivity contribution in [2.24, 2.45) is 0 Å². The number of benzene rings is 2. The zero-order valence-electron chi connectivity index (χ0n) is 10.1. The molecular weight excluding hydrogens is 240 g/mol. The van der Waals surface area contributed by atoms with E-state index >= 15 is 0 Å². The number of aliphatic hydroxyl groups excluding tert-OH is 1. The number of hydrogen-bond acceptors (Lipinski definition) is 3. The van der Waals surface area contributed by atoms with Gasteiger partial charge in [-0.1, -0.05) is 48.5 Å². The van der Waals surface area contributed by atoms with Gasteiger partial charge in [0.05, 0.1) is 0 Å². The van der Waals surface area contributed by atoms with Gasteiger partial charge >= 0.3 is 0 Å². The summed E-state index contributed by atoms with van der Waals surface area (Å²) in [6.45, 7) is 0. The van der Waals surface area contributed by atoms with Crippen molar-refractivity contribution in [3.8, 4) is 0 Å². The Kier molecular flexibility index (Phi) is 2.89. The molecule has 2 aromatic carbocycles. The Bertz CT molecular complexity index is 680. The first-order valence-corrected chi connectivity index (χ1v) is 6.01. The van der Waals surface area contributed by atoms with Crippen molar-refractivity contribution in [3.05, 3.63) is 72.0 Å². The summed E-state index contributed by atoms with van der Waals surface area (Å²) in [6, 6.07) is 17.9. The quantitative estimate of drug-likeness (QED) is 0.727. The van der Waals surface area contributed by atoms with E-state index in [9.17, 15) is 9.90 Å². The van der Waals surface area contributed by atoms with Crippen LogP contribution in [0.25, 0.3) is 11.0 Å². The Morgan fingerprint density at radius 3 is 2.42 bits per heavy atom. The third-order valence-electron chi connectivity index (χ3n) is 3.03. The van der Waals surface area contributed by atoms with Crippen LogP contribution in [-0.2, 0) is 0 Å². The standard InChI is InChI=1S/C16H12O3/c17-15(11-6-2-1-3-7-11)16(18)14-10-12-8-4-5-9-13(12)19-14/h1-10,15,17H. The van der Waals surface area contributed by atoms with Crippen molar-refractivity contribution in [2.75, 3.05) is 0 Å². The van der Waals surface area contributed by atoms with Gasteiger partial charge in [-0.3, -0.25) is 4.79 Å². The van der Waals surface area contributed by atoms with Crippen LogP contribution in [0.5, 0.6) is 0 Å². The number of ketones is 1. The first kappa shape index (κ1) is 11.7. The zero-order valence-corrected chi connectivity index (χ0v) is 10.1. The number of Topliss-reactive ketones (excluding diaryl/α,β-unsaturated/α-hetero) is 1. The molecule has 3 nitrogen and oxygen atoms in total. The van der Waals surface area contributed by atoms with Gasteiger partial charge < -0.3 is 9.52 Å². The molecule has 1 atom stereocenters. The number of aliphatic hydroxyl groups is 1. The highest BCUT2D eigenvalue weighted by molar-refractivity contribution is 6.00. The van der Waals surface area contributed by atoms with E-state index in [-0.39, 0.29) is 5.76 Å². The lowest BCUT2D eigenvalue weighted by molar-refractivity contribution is 0.0720. The number of rotatable bonds is 3. The molecule has 1 unspecified atom stereocenters. The highest BCUT2D eigenvalue weighted by Gasteiger charge is 2.22. The summed E-state index contributed by atoms with van der Waals surface area (Å²) in [5, 5.41) is 10.9. The smallest absolute Gasteiger partial charge is 0.230 e. The van der Waals surface area contributed by atoms with E-state index in [0.29, 0.717) is 11.1 Å². The number of furan rings is 1. The van der Waals surface area contributed by atoms with Crippen molar-refractivity contribution in [1.29, 1.82) is 0 Å². The molecule has 0 spiro atoms. The van der Waals surface area contributed by atoms with E-state index < -0.39 is 11.9 Å². The van der Waals surface area contributed by atoms with Crippen LogP contribution in [0, 0.1) is 0 Å². The fourth-order valence-corrected chi connectivity index (χ4v) is 2.02. The minimum atomic E-state index is -1.19. The Hall–Kier alpha value is -2.39. The van der Waals surface area contributed by atoms with Crippen LogP contribution in [-0.4, -0.2) is 10.9 Å². The summed E-state index contributed by atoms with van der Waals surface area (Å²) in [4.78, 5) is 12.2. The van der Waals surface area contributed by atoms with Crippen LogP contribution in [0.2, 0.25) is 0 Å². The van der Waals surface area contributed by atoms with Crippen LogP contribution in [0.15, 0.2) is 65.1 Å². The van der Waals surface area contributed by atoms with Gasteiger partial charge in [0.1, 0.15) is 11.7 Å². The largest absolute Gasteiger partial charge is 0.453 e. The van der Waals surface area contributed by atoms with Crippen LogP contribution in [0.3, 0.4) is 0 Å². The third kappa shape index (κ3) is 2.16. The number of carbonyl (C=O) groups is 1. The monoisotopic (exact) mass is 252 g/mol. The van der Waals surface area contributed by atoms with Gasteiger partial charge in [0, 0.05) is 5.39 Å². The molecule has 94 valence electrons. The molecule has 1 aromatic heterocycles. The molecule has 0 radical (unpaired) electrons. The molecule has 0 saturated carbocycles. The number of fused-ring (bicyclic) bond motifs is 1. The minimum absolute atomic E-state index is 0.178. The average Bonchev–Trinajstić information content (AvgIpc) is 2.90. The predicted molar refractivity (Wildman–Crippen MR) is 71.9 cm³/mol. The summed E-state index contributed by atoms with van der Waals surface area (Å²) in [5.74, 6) is -0.250. The van der Waals surface area contributed by atoms with E-state index in [0.717, 1.165) is 5.39 Å². The lowest BCUT2D eigenvalue weighted by atomic mass is 10.0. The van der Waals surface area contributed by atoms with E-state index in [1.165, 1.54) is 0 Å². The molecule has 19 heavy (non-hydrogen) atoms. The van der Waals surface area contributed by atoms with Crippen LogP contribution in [0.4, 0.5) is 0 Å². The van der Waals surface area contributed by atoms with Gasteiger partial charge in [-0.2, -0.15) is 0 Å². The lowest BCUT2D eigenvalue weighted by Gasteiger charge is -2.07. The second kappa shape index (κ2) is 4.71. The summed E-state index contributed by atoms with van der Waals surface area (Å²) in [7, 11) is 0. The van der Waals surface area contributed by atoms with Crippen molar-refractivity contribution >= 4 is 16.8 Å². The number of hydrogen-bond donors (Lipinski definition) is 1. The third-order valence-corrected chi connectivity index (χ3v) is 3.03. The molecule has 0 aliphatic rings. The van der Waals surface area contributed by atoms with E-state index in [2.05, 4.69) is 0 Å². The molecular formula is C16H12O3. The van der Waals surface area contributed by atoms with Crippen molar-refractivity contribution in [3.63, 3.8) is 0 Å². The summed E-state index contributed by atoms with van der Waals surface area (Å²) < 4.78 is 5.46. The molecule has 0 aliphatic carbocycles. The maximum atomic E-state index is 12.2. The molecule has 3 rings (SSSR count). The highest BCUT2D eigenvalue weighted by atomic mass is 16.4. The normalized spacial score (nSPS) is 12.5. The van der Waals surface area contributed by atoms with E-state index in [1.807, 2.05) is 24.3 Å². The van der Waals surface area contributed by atoms with Crippen molar-refractivity contribution in [1.82, 2.24) is 0 Å². The van der Waals surface area contributed by atoms with Gasteiger partial charge in [-0.15, -0.1) is 0 Å². The summed E-state index contributed by atoms with van der Waals surface area (Å²) >= 11 is 0. The minimum Gasteiger partial charge on any atom is -0.453 e. The van der Waals surface area contributed by atoms with E-state index in [4.69, 9.17) is 4.42 Å². The predicted octanol–water partition coefficient (Wildman–Crippen LogP) is 3.35. The van der Waals surface area contributed by atoms with Crippen molar-refractivity contribution < 1.29 is 14.3 Å². The fourth-order valence-electron chi connectivity index (χ4n) is 2.02. The summed E-state index contributed by atoms with van der Waals surface area (Å²) in [6.07, 6.45) is -1.19. The van der Waals surface area contributed by atoms with Gasteiger partial charge in [-0.25, -0.2) is 0 Å². The molecule has 3 heteroatoms. The molecule has 3 aromatic rings. The number of para-hydroxylation sites is 1. The Balaban J connectivity index is 1.95. The molecule has 0 aliphatic heterocycles. The first-order chi connectivity index (χ1) is 9.25. The summed E-state index contributed by atoms with van der Waals surface area (Å²) in [5.41, 5.74) is 1.21. The van der Waals surface area contributed by atoms with Gasteiger partial charge in [0.2, 0.25) is 5.78 Å². The molecule has 0 bridgehead atoms. The van der Waals surface area contributed by atoms with Crippen LogP contribution >= 0.6 is 0 Å². The highest BCUT2D eigenvalue weighted by Crippen LogP contribution is 2.24. The van der Waals surface area contributed by atoms with Crippen LogP contribution in [0.1, 0.15) is 22.2 Å². The second-order valence-corrected chi connectivity index (χ2v) is 4.33. The molecule has 0 amide bonds. The maximum absolute atomic E-state index is 12.2. The van der Waals surface area contributed by atoms with E-state index in [1.54, 1.807) is 36.4 Å². The Morgan fingerprint density at radius 2 is 1.68 bits per heavy atom. The average molecular weight is 252 g/mol. The fraction of sp³-hybridized carbons (Fsp3) is 0.0625. The van der Waals surface area contributed by atoms with Crippen LogP contribution < -0.4 is 0 Å². The molecule has 0 fully saturated rings. The Labute approximate surface area is 110 Å². The Morgan fingerprint density at radius 1 is 1.00 bits per heavy atom. The second-order valence-electron chi connectivity index (χ2n) is 4.33. The van der Waals surface area contributed by atoms with Gasteiger partial charge in [-0.05, 0) is 17.7 Å². The molecule has 1 heterocycles. The zero-order chi connectivity index (χ0) is 13.2. The topological polar surface area (TPSA) is 50.4 Å². The van der Waals surface area contributed by atoms with Crippen molar-refractivity contribution in [2.45, 2.75) is 6.10 Å². The number of carbonyl (C=O) groups excluding carboxylic acids is 1. The lowest BCUT2D eigenvalue weighted by Crippen LogP contribution is -2.11.